The maximum Gasteiger partial charge on any atom is 0.338 e. The molecule has 0 spiro atoms. The zero-order chi connectivity index (χ0) is 24.0. The molecule has 1 N–H and O–H groups in total. The zero-order valence-corrected chi connectivity index (χ0v) is 20.2. The molecule has 34 heavy (non-hydrogen) atoms. The van der Waals surface area contributed by atoms with Gasteiger partial charge in [-0.05, 0) is 37.3 Å². The van der Waals surface area contributed by atoms with Gasteiger partial charge in [0.25, 0.3) is 5.56 Å². The van der Waals surface area contributed by atoms with Crippen molar-refractivity contribution in [3.63, 3.8) is 0 Å². The molecule has 4 aromatic rings. The van der Waals surface area contributed by atoms with Gasteiger partial charge in [-0.1, -0.05) is 41.1 Å². The zero-order valence-electron chi connectivity index (χ0n) is 18.6. The van der Waals surface area contributed by atoms with Gasteiger partial charge in [0.05, 0.1) is 30.0 Å². The predicted molar refractivity (Wildman–Crippen MR) is 132 cm³/mol. The first-order valence-corrected chi connectivity index (χ1v) is 11.6. The van der Waals surface area contributed by atoms with Gasteiger partial charge in [-0.15, -0.1) is 0 Å². The lowest BCUT2D eigenvalue weighted by molar-refractivity contribution is -0.136. The fourth-order valence-corrected chi connectivity index (χ4v) is 5.48. The van der Waals surface area contributed by atoms with Crippen molar-refractivity contribution in [3.05, 3.63) is 95.8 Å². The summed E-state index contributed by atoms with van der Waals surface area (Å²) < 4.78 is 12.6. The van der Waals surface area contributed by atoms with Gasteiger partial charge in [-0.3, -0.25) is 9.36 Å². The molecule has 0 amide bonds. The van der Waals surface area contributed by atoms with E-state index in [1.807, 2.05) is 36.5 Å². The van der Waals surface area contributed by atoms with Crippen LogP contribution >= 0.6 is 22.9 Å². The summed E-state index contributed by atoms with van der Waals surface area (Å²) in [6, 6.07) is 12.2. The Kier molecular flexibility index (Phi) is 5.63. The molecule has 5 rings (SSSR count). The Morgan fingerprint density at radius 3 is 2.79 bits per heavy atom. The van der Waals surface area contributed by atoms with Gasteiger partial charge in [0.2, 0.25) is 0 Å². The van der Waals surface area contributed by atoms with E-state index >= 15 is 0 Å². The molecule has 0 unspecified atom stereocenters. The topological polar surface area (TPSA) is 85.7 Å². The smallest absolute Gasteiger partial charge is 0.338 e. The summed E-state index contributed by atoms with van der Waals surface area (Å²) >= 11 is 7.57. The van der Waals surface area contributed by atoms with Crippen LogP contribution in [0.1, 0.15) is 24.1 Å². The first-order chi connectivity index (χ1) is 16.4. The number of ether oxygens (including phenoxy) is 2. The number of carbonyl (C=O) groups is 1. The van der Waals surface area contributed by atoms with Crippen molar-refractivity contribution >= 4 is 45.9 Å². The highest BCUT2D eigenvalue weighted by Gasteiger charge is 2.35. The van der Waals surface area contributed by atoms with E-state index in [9.17, 15) is 9.59 Å². The lowest BCUT2D eigenvalue weighted by atomic mass is 9.95. The number of allylic oxidation sites excluding steroid dienone is 1. The van der Waals surface area contributed by atoms with Crippen molar-refractivity contribution in [1.82, 2.24) is 9.55 Å². The van der Waals surface area contributed by atoms with Crippen molar-refractivity contribution in [2.45, 2.75) is 13.0 Å². The van der Waals surface area contributed by atoms with Crippen molar-refractivity contribution in [2.24, 2.45) is 4.99 Å². The maximum absolute atomic E-state index is 13.7. The Morgan fingerprint density at radius 2 is 2.03 bits per heavy atom. The van der Waals surface area contributed by atoms with E-state index in [-0.39, 0.29) is 11.1 Å². The number of methoxy groups -OCH3 is 2. The fourth-order valence-electron chi connectivity index (χ4n) is 4.26. The summed E-state index contributed by atoms with van der Waals surface area (Å²) in [6.07, 6.45) is 3.71. The van der Waals surface area contributed by atoms with E-state index in [2.05, 4.69) is 9.98 Å². The number of esters is 1. The number of thiazole rings is 1. The minimum Gasteiger partial charge on any atom is -0.496 e. The van der Waals surface area contributed by atoms with Crippen LogP contribution in [0.5, 0.6) is 5.75 Å². The minimum absolute atomic E-state index is 0.258. The number of carbonyl (C=O) groups excluding carboxylic acids is 1. The quantitative estimate of drug-likeness (QED) is 0.440. The van der Waals surface area contributed by atoms with Gasteiger partial charge in [0, 0.05) is 33.2 Å². The summed E-state index contributed by atoms with van der Waals surface area (Å²) in [6.45, 7) is 1.73. The third kappa shape index (κ3) is 3.55. The van der Waals surface area contributed by atoms with Crippen molar-refractivity contribution in [2.75, 3.05) is 14.2 Å². The van der Waals surface area contributed by atoms with E-state index < -0.39 is 12.0 Å². The third-order valence-electron chi connectivity index (χ3n) is 5.82. The van der Waals surface area contributed by atoms with Gasteiger partial charge >= 0.3 is 5.97 Å². The summed E-state index contributed by atoms with van der Waals surface area (Å²) in [5, 5.41) is 1.46. The normalized spacial score (nSPS) is 15.9. The fraction of sp³-hybridized carbons (Fsp3) is 0.160. The molecule has 0 fully saturated rings. The van der Waals surface area contributed by atoms with Crippen molar-refractivity contribution < 1.29 is 14.3 Å². The number of halogens is 1. The Morgan fingerprint density at radius 1 is 1.24 bits per heavy atom. The second-order valence-corrected chi connectivity index (χ2v) is 9.19. The summed E-state index contributed by atoms with van der Waals surface area (Å²) in [5.41, 5.74) is 2.90. The van der Waals surface area contributed by atoms with Crippen LogP contribution in [0.4, 0.5) is 0 Å². The average Bonchev–Trinajstić information content (AvgIpc) is 3.38. The molecule has 9 heteroatoms. The molecule has 1 aliphatic heterocycles. The Bertz CT molecular complexity index is 1660. The maximum atomic E-state index is 13.7. The highest BCUT2D eigenvalue weighted by atomic mass is 35.5. The number of hydrogen-bond acceptors (Lipinski definition) is 6. The van der Waals surface area contributed by atoms with Crippen LogP contribution < -0.4 is 19.6 Å². The highest BCUT2D eigenvalue weighted by Crippen LogP contribution is 2.37. The molecule has 1 aliphatic rings. The molecule has 0 radical (unpaired) electrons. The Labute approximate surface area is 203 Å². The number of aromatic amines is 1. The van der Waals surface area contributed by atoms with Crippen molar-refractivity contribution in [3.8, 4) is 5.75 Å². The Balaban J connectivity index is 1.80. The van der Waals surface area contributed by atoms with E-state index in [1.54, 1.807) is 25.1 Å². The molecule has 2 aromatic heterocycles. The lowest BCUT2D eigenvalue weighted by Crippen LogP contribution is -2.40. The summed E-state index contributed by atoms with van der Waals surface area (Å²) in [5.74, 6) is -0.0732. The minimum atomic E-state index is -0.803. The second-order valence-electron chi connectivity index (χ2n) is 7.75. The molecule has 2 aromatic carbocycles. The number of hydrogen-bond donors (Lipinski definition) is 1. The van der Waals surface area contributed by atoms with E-state index in [0.717, 1.165) is 16.5 Å². The van der Waals surface area contributed by atoms with Crippen molar-refractivity contribution in [1.29, 1.82) is 0 Å². The largest absolute Gasteiger partial charge is 0.496 e. The SMILES string of the molecule is COC(=O)C1=C(C)N=c2s/c(=C\c3c[nH]c4ccccc34)c(=O)n2[C@H]1c1cc(Cl)ccc1OC. The van der Waals surface area contributed by atoms with Crippen LogP contribution in [-0.2, 0) is 9.53 Å². The molecule has 0 bridgehead atoms. The highest BCUT2D eigenvalue weighted by molar-refractivity contribution is 7.07. The van der Waals surface area contributed by atoms with Crippen LogP contribution in [0.25, 0.3) is 17.0 Å². The van der Waals surface area contributed by atoms with Crippen LogP contribution in [0, 0.1) is 0 Å². The summed E-state index contributed by atoms with van der Waals surface area (Å²) in [4.78, 5) is 34.9. The first-order valence-electron chi connectivity index (χ1n) is 10.4. The number of H-pyrrole nitrogens is 1. The lowest BCUT2D eigenvalue weighted by Gasteiger charge is -2.25. The number of para-hydroxylation sites is 1. The predicted octanol–water partition coefficient (Wildman–Crippen LogP) is 3.55. The van der Waals surface area contributed by atoms with Gasteiger partial charge in [0.1, 0.15) is 11.8 Å². The molecule has 0 saturated heterocycles. The second kappa shape index (κ2) is 8.62. The summed E-state index contributed by atoms with van der Waals surface area (Å²) in [7, 11) is 2.83. The average molecular weight is 494 g/mol. The Hall–Kier alpha value is -3.62. The monoisotopic (exact) mass is 493 g/mol. The molecule has 7 nitrogen and oxygen atoms in total. The number of aromatic nitrogens is 2. The molecule has 1 atom stereocenters. The number of fused-ring (bicyclic) bond motifs is 2. The van der Waals surface area contributed by atoms with E-state index in [0.29, 0.717) is 31.4 Å². The van der Waals surface area contributed by atoms with Gasteiger partial charge < -0.3 is 14.5 Å². The number of nitrogens with one attached hydrogen (secondary N) is 1. The van der Waals surface area contributed by atoms with Crippen LogP contribution in [0.3, 0.4) is 0 Å². The van der Waals surface area contributed by atoms with Crippen LogP contribution in [-0.4, -0.2) is 29.7 Å². The third-order valence-corrected chi connectivity index (χ3v) is 7.04. The van der Waals surface area contributed by atoms with E-state index in [1.165, 1.54) is 30.1 Å². The standard InChI is InChI=1S/C25H20ClN3O4S/c1-13-21(24(31)33-3)22(17-11-15(26)8-9-19(17)32-2)29-23(30)20(34-25(29)28-13)10-14-12-27-18-7-5-4-6-16(14)18/h4-12,22,27H,1-3H3/b20-10-/t22-/m0/s1. The number of nitrogens with zero attached hydrogens (tertiary/aromatic N) is 2. The molecule has 172 valence electrons. The first kappa shape index (κ1) is 22.2. The number of rotatable bonds is 4. The van der Waals surface area contributed by atoms with Gasteiger partial charge in [-0.2, -0.15) is 0 Å². The van der Waals surface area contributed by atoms with E-state index in [4.69, 9.17) is 21.1 Å². The van der Waals surface area contributed by atoms with Gasteiger partial charge in [0.15, 0.2) is 4.80 Å². The molecular weight excluding hydrogens is 474 g/mol. The van der Waals surface area contributed by atoms with Gasteiger partial charge in [-0.25, -0.2) is 9.79 Å². The molecular formula is C25H20ClN3O4S. The molecule has 3 heterocycles. The number of benzene rings is 2. The molecule has 0 saturated carbocycles. The van der Waals surface area contributed by atoms with Crippen LogP contribution in [0.2, 0.25) is 5.02 Å². The molecule has 0 aliphatic carbocycles. The van der Waals surface area contributed by atoms with Crippen LogP contribution in [0.15, 0.2) is 69.7 Å².